The molecule has 1 N–H and O–H groups in total. The van der Waals surface area contributed by atoms with Gasteiger partial charge in [0.05, 0.1) is 4.90 Å². The standard InChI is InChI=1S/C22H29N3O3S/c1-17-6-7-18(2)21(16-17)29(27,28)23-20-10-8-19(9-11-20)22(26)24(3)14-15-25-12-4-5-13-25/h6-11,16,23H,4-5,12-15H2,1-3H3. The molecule has 6 nitrogen and oxygen atoms in total. The van der Waals surface area contributed by atoms with Crippen LogP contribution >= 0.6 is 0 Å². The van der Waals surface area contributed by atoms with Gasteiger partial charge < -0.3 is 9.80 Å². The fourth-order valence-electron chi connectivity index (χ4n) is 3.51. The fourth-order valence-corrected chi connectivity index (χ4v) is 4.90. The molecule has 1 aliphatic rings. The molecular weight excluding hydrogens is 386 g/mol. The molecule has 0 radical (unpaired) electrons. The van der Waals surface area contributed by atoms with E-state index < -0.39 is 10.0 Å². The number of anilines is 1. The third kappa shape index (κ3) is 5.36. The second kappa shape index (κ2) is 8.97. The molecule has 156 valence electrons. The molecule has 0 spiro atoms. The van der Waals surface area contributed by atoms with Crippen molar-refractivity contribution in [2.45, 2.75) is 31.6 Å². The Morgan fingerprint density at radius 1 is 1.07 bits per heavy atom. The molecule has 1 aliphatic heterocycles. The highest BCUT2D eigenvalue weighted by atomic mass is 32.2. The molecule has 0 atom stereocenters. The fraction of sp³-hybridized carbons (Fsp3) is 0.409. The van der Waals surface area contributed by atoms with Crippen molar-refractivity contribution in [3.8, 4) is 0 Å². The number of carbonyl (C=O) groups is 1. The minimum absolute atomic E-state index is 0.0619. The Morgan fingerprint density at radius 2 is 1.72 bits per heavy atom. The van der Waals surface area contributed by atoms with Crippen LogP contribution in [0.5, 0.6) is 0 Å². The van der Waals surface area contributed by atoms with Crippen LogP contribution in [0.1, 0.15) is 34.3 Å². The van der Waals surface area contributed by atoms with Crippen LogP contribution in [0, 0.1) is 13.8 Å². The first-order valence-electron chi connectivity index (χ1n) is 9.94. The van der Waals surface area contributed by atoms with E-state index in [1.165, 1.54) is 12.8 Å². The van der Waals surface area contributed by atoms with E-state index in [4.69, 9.17) is 0 Å². The van der Waals surface area contributed by atoms with Crippen LogP contribution in [0.15, 0.2) is 47.4 Å². The Bertz CT molecular complexity index is 965. The van der Waals surface area contributed by atoms with Gasteiger partial charge >= 0.3 is 0 Å². The summed E-state index contributed by atoms with van der Waals surface area (Å²) in [7, 11) is -1.88. The number of carbonyl (C=O) groups excluding carboxylic acids is 1. The lowest BCUT2D eigenvalue weighted by molar-refractivity contribution is 0.0782. The smallest absolute Gasteiger partial charge is 0.262 e. The van der Waals surface area contributed by atoms with Gasteiger partial charge in [0.2, 0.25) is 0 Å². The van der Waals surface area contributed by atoms with Crippen molar-refractivity contribution in [3.63, 3.8) is 0 Å². The maximum Gasteiger partial charge on any atom is 0.262 e. The van der Waals surface area contributed by atoms with E-state index in [0.29, 0.717) is 23.4 Å². The van der Waals surface area contributed by atoms with Crippen LogP contribution in [0.25, 0.3) is 0 Å². The number of benzene rings is 2. The number of nitrogens with one attached hydrogen (secondary N) is 1. The molecular formula is C22H29N3O3S. The van der Waals surface area contributed by atoms with Gasteiger partial charge in [-0.25, -0.2) is 8.42 Å². The van der Waals surface area contributed by atoms with Crippen molar-refractivity contribution < 1.29 is 13.2 Å². The molecule has 0 aliphatic carbocycles. The Labute approximate surface area is 173 Å². The van der Waals surface area contributed by atoms with Gasteiger partial charge in [-0.1, -0.05) is 12.1 Å². The van der Waals surface area contributed by atoms with Crippen LogP contribution in [-0.4, -0.2) is 57.4 Å². The van der Waals surface area contributed by atoms with Crippen LogP contribution in [0.4, 0.5) is 5.69 Å². The van der Waals surface area contributed by atoms with E-state index in [2.05, 4.69) is 9.62 Å². The quantitative estimate of drug-likeness (QED) is 0.754. The predicted molar refractivity (Wildman–Crippen MR) is 116 cm³/mol. The number of rotatable bonds is 7. The van der Waals surface area contributed by atoms with Gasteiger partial charge in [-0.15, -0.1) is 0 Å². The molecule has 2 aromatic carbocycles. The van der Waals surface area contributed by atoms with Crippen molar-refractivity contribution in [2.24, 2.45) is 0 Å². The molecule has 0 saturated carbocycles. The van der Waals surface area contributed by atoms with Crippen molar-refractivity contribution in [2.75, 3.05) is 37.9 Å². The highest BCUT2D eigenvalue weighted by Crippen LogP contribution is 2.21. The van der Waals surface area contributed by atoms with E-state index in [-0.39, 0.29) is 10.8 Å². The second-order valence-corrected chi connectivity index (χ2v) is 9.38. The Hall–Kier alpha value is -2.38. The van der Waals surface area contributed by atoms with Crippen molar-refractivity contribution >= 4 is 21.6 Å². The number of hydrogen-bond donors (Lipinski definition) is 1. The lowest BCUT2D eigenvalue weighted by Gasteiger charge is -2.21. The van der Waals surface area contributed by atoms with Gasteiger partial charge in [0.25, 0.3) is 15.9 Å². The third-order valence-electron chi connectivity index (χ3n) is 5.31. The predicted octanol–water partition coefficient (Wildman–Crippen LogP) is 3.27. The first kappa shape index (κ1) is 21.3. The molecule has 29 heavy (non-hydrogen) atoms. The van der Waals surface area contributed by atoms with Gasteiger partial charge in [0.15, 0.2) is 0 Å². The van der Waals surface area contributed by atoms with Gasteiger partial charge in [0.1, 0.15) is 0 Å². The SMILES string of the molecule is Cc1ccc(C)c(S(=O)(=O)Nc2ccc(C(=O)N(C)CCN3CCCC3)cc2)c1. The largest absolute Gasteiger partial charge is 0.340 e. The number of likely N-dealkylation sites (tertiary alicyclic amines) is 1. The maximum absolute atomic E-state index is 12.7. The van der Waals surface area contributed by atoms with Crippen LogP contribution in [-0.2, 0) is 10.0 Å². The van der Waals surface area contributed by atoms with Crippen LogP contribution in [0.2, 0.25) is 0 Å². The number of hydrogen-bond acceptors (Lipinski definition) is 4. The molecule has 2 aromatic rings. The molecule has 1 fully saturated rings. The Balaban J connectivity index is 1.64. The number of sulfonamides is 1. The van der Waals surface area contributed by atoms with Gasteiger partial charge in [-0.05, 0) is 81.2 Å². The zero-order valence-electron chi connectivity index (χ0n) is 17.3. The van der Waals surface area contributed by atoms with E-state index in [0.717, 1.165) is 25.2 Å². The Morgan fingerprint density at radius 3 is 2.38 bits per heavy atom. The zero-order chi connectivity index (χ0) is 21.0. The summed E-state index contributed by atoms with van der Waals surface area (Å²) in [6.07, 6.45) is 2.47. The van der Waals surface area contributed by atoms with Crippen molar-refractivity contribution in [1.82, 2.24) is 9.80 Å². The minimum Gasteiger partial charge on any atom is -0.340 e. The topological polar surface area (TPSA) is 69.7 Å². The molecule has 3 rings (SSSR count). The zero-order valence-corrected chi connectivity index (χ0v) is 18.1. The second-order valence-electron chi connectivity index (χ2n) is 7.73. The average Bonchev–Trinajstić information content (AvgIpc) is 3.21. The summed E-state index contributed by atoms with van der Waals surface area (Å²) in [6.45, 7) is 7.41. The maximum atomic E-state index is 12.7. The molecule has 7 heteroatoms. The Kier molecular flexibility index (Phi) is 6.59. The third-order valence-corrected chi connectivity index (χ3v) is 6.84. The molecule has 1 heterocycles. The number of aryl methyl sites for hydroxylation is 2. The van der Waals surface area contributed by atoms with Crippen molar-refractivity contribution in [1.29, 1.82) is 0 Å². The highest BCUT2D eigenvalue weighted by Gasteiger charge is 2.18. The first-order valence-corrected chi connectivity index (χ1v) is 11.4. The highest BCUT2D eigenvalue weighted by molar-refractivity contribution is 7.92. The summed E-state index contributed by atoms with van der Waals surface area (Å²) in [5.74, 6) is -0.0619. The van der Waals surface area contributed by atoms with E-state index >= 15 is 0 Å². The molecule has 1 amide bonds. The lowest BCUT2D eigenvalue weighted by atomic mass is 10.2. The van der Waals surface area contributed by atoms with Gasteiger partial charge in [0, 0.05) is 31.4 Å². The summed E-state index contributed by atoms with van der Waals surface area (Å²) >= 11 is 0. The minimum atomic E-state index is -3.68. The van der Waals surface area contributed by atoms with Gasteiger partial charge in [-0.2, -0.15) is 0 Å². The van der Waals surface area contributed by atoms with Crippen LogP contribution < -0.4 is 4.72 Å². The molecule has 0 aromatic heterocycles. The molecule has 1 saturated heterocycles. The summed E-state index contributed by atoms with van der Waals surface area (Å²) in [4.78, 5) is 17.0. The van der Waals surface area contributed by atoms with E-state index in [1.807, 2.05) is 13.0 Å². The van der Waals surface area contributed by atoms with Crippen LogP contribution in [0.3, 0.4) is 0 Å². The molecule has 0 unspecified atom stereocenters. The van der Waals surface area contributed by atoms with Crippen molar-refractivity contribution in [3.05, 3.63) is 59.2 Å². The lowest BCUT2D eigenvalue weighted by Crippen LogP contribution is -2.35. The monoisotopic (exact) mass is 415 g/mol. The number of likely N-dealkylation sites (N-methyl/N-ethyl adjacent to an activating group) is 1. The van der Waals surface area contributed by atoms with E-state index in [1.54, 1.807) is 55.3 Å². The summed E-state index contributed by atoms with van der Waals surface area (Å²) in [5.41, 5.74) is 2.55. The molecule has 0 bridgehead atoms. The summed E-state index contributed by atoms with van der Waals surface area (Å²) in [5, 5.41) is 0. The average molecular weight is 416 g/mol. The number of amides is 1. The number of nitrogens with zero attached hydrogens (tertiary/aromatic N) is 2. The summed E-state index contributed by atoms with van der Waals surface area (Å²) in [6, 6.07) is 11.9. The van der Waals surface area contributed by atoms with Gasteiger partial charge in [-0.3, -0.25) is 9.52 Å². The van der Waals surface area contributed by atoms with E-state index in [9.17, 15) is 13.2 Å². The summed E-state index contributed by atoms with van der Waals surface area (Å²) < 4.78 is 28.0. The normalized spacial score (nSPS) is 14.7. The first-order chi connectivity index (χ1) is 13.8.